The van der Waals surface area contributed by atoms with Crippen LogP contribution in [0.1, 0.15) is 70.4 Å². The van der Waals surface area contributed by atoms with Crippen molar-refractivity contribution in [3.05, 3.63) is 29.3 Å². The third-order valence-electron chi connectivity index (χ3n) is 7.55. The van der Waals surface area contributed by atoms with Crippen molar-refractivity contribution in [1.29, 1.82) is 0 Å². The van der Waals surface area contributed by atoms with E-state index in [1.165, 1.54) is 36.9 Å². The minimum absolute atomic E-state index is 0.258. The van der Waals surface area contributed by atoms with Crippen LogP contribution in [-0.4, -0.2) is 6.04 Å². The first-order chi connectivity index (χ1) is 10.9. The van der Waals surface area contributed by atoms with Crippen molar-refractivity contribution < 1.29 is 0 Å². The fourth-order valence-corrected chi connectivity index (χ4v) is 6.80. The van der Waals surface area contributed by atoms with E-state index in [1.807, 2.05) is 0 Å². The van der Waals surface area contributed by atoms with Crippen LogP contribution in [-0.2, 0) is 11.8 Å². The van der Waals surface area contributed by atoms with Crippen LogP contribution >= 0.6 is 0 Å². The first kappa shape index (κ1) is 14.4. The highest BCUT2D eigenvalue weighted by Crippen LogP contribution is 2.62. The normalized spacial score (nSPS) is 41.0. The number of fused-ring (bicyclic) bond motifs is 1. The molecule has 1 aromatic carbocycles. The molecule has 23 heavy (non-hydrogen) atoms. The number of anilines is 1. The van der Waals surface area contributed by atoms with Crippen molar-refractivity contribution in [3.8, 4) is 0 Å². The third kappa shape index (κ3) is 2.18. The van der Waals surface area contributed by atoms with E-state index in [0.29, 0.717) is 11.5 Å². The Bertz CT molecular complexity index is 601. The monoisotopic (exact) mass is 309 g/mol. The van der Waals surface area contributed by atoms with E-state index in [2.05, 4.69) is 44.3 Å². The number of rotatable bonds is 1. The van der Waals surface area contributed by atoms with Crippen LogP contribution < -0.4 is 5.32 Å². The summed E-state index contributed by atoms with van der Waals surface area (Å²) in [7, 11) is 0. The molecule has 0 spiro atoms. The minimum Gasteiger partial charge on any atom is -0.381 e. The molecule has 4 saturated carbocycles. The number of hydrogen-bond acceptors (Lipinski definition) is 1. The van der Waals surface area contributed by atoms with Crippen molar-refractivity contribution in [1.82, 2.24) is 0 Å². The standard InChI is InChI=1S/C22H31N/c1-21(2,3)18-4-5-19-17(9-18)10-20(23-19)22-11-14-6-15(12-22)8-16(7-14)13-22/h4-5,9,14-16,20,23H,6-8,10-13H2,1-3H3. The molecule has 0 radical (unpaired) electrons. The lowest BCUT2D eigenvalue weighted by Crippen LogP contribution is -2.53. The lowest BCUT2D eigenvalue weighted by atomic mass is 9.47. The Morgan fingerprint density at radius 3 is 2.13 bits per heavy atom. The first-order valence-electron chi connectivity index (χ1n) is 9.81. The van der Waals surface area contributed by atoms with Crippen LogP contribution in [0.5, 0.6) is 0 Å². The predicted octanol–water partition coefficient (Wildman–Crippen LogP) is 5.54. The molecule has 124 valence electrons. The molecule has 6 rings (SSSR count). The highest BCUT2D eigenvalue weighted by atomic mass is 15.0. The second kappa shape index (κ2) is 4.55. The molecule has 0 amide bonds. The Morgan fingerprint density at radius 2 is 1.57 bits per heavy atom. The van der Waals surface area contributed by atoms with Gasteiger partial charge in [-0.25, -0.2) is 0 Å². The van der Waals surface area contributed by atoms with Gasteiger partial charge in [0.15, 0.2) is 0 Å². The van der Waals surface area contributed by atoms with Crippen LogP contribution in [0.4, 0.5) is 5.69 Å². The molecule has 1 aliphatic heterocycles. The molecule has 1 heteroatoms. The van der Waals surface area contributed by atoms with Gasteiger partial charge in [-0.15, -0.1) is 0 Å². The van der Waals surface area contributed by atoms with E-state index in [1.54, 1.807) is 24.8 Å². The molecule has 5 aliphatic rings. The molecule has 4 bridgehead atoms. The van der Waals surface area contributed by atoms with Gasteiger partial charge >= 0.3 is 0 Å². The summed E-state index contributed by atoms with van der Waals surface area (Å²) in [5.41, 5.74) is 5.38. The maximum absolute atomic E-state index is 3.97. The van der Waals surface area contributed by atoms with Gasteiger partial charge in [-0.3, -0.25) is 0 Å². The summed E-state index contributed by atoms with van der Waals surface area (Å²) in [6.07, 6.45) is 10.4. The zero-order valence-corrected chi connectivity index (χ0v) is 15.0. The van der Waals surface area contributed by atoms with Crippen molar-refractivity contribution in [2.75, 3.05) is 5.32 Å². The van der Waals surface area contributed by atoms with Crippen LogP contribution in [0.2, 0.25) is 0 Å². The summed E-state index contributed by atoms with van der Waals surface area (Å²) in [4.78, 5) is 0. The SMILES string of the molecule is CC(C)(C)c1ccc2c(c1)CC(C13CC4CC(CC(C4)C1)C3)N2. The average molecular weight is 309 g/mol. The smallest absolute Gasteiger partial charge is 0.0376 e. The molecule has 1 heterocycles. The number of nitrogens with one attached hydrogen (secondary N) is 1. The van der Waals surface area contributed by atoms with E-state index >= 15 is 0 Å². The van der Waals surface area contributed by atoms with Gasteiger partial charge in [0.2, 0.25) is 0 Å². The molecule has 1 atom stereocenters. The van der Waals surface area contributed by atoms with Crippen molar-refractivity contribution in [3.63, 3.8) is 0 Å². The van der Waals surface area contributed by atoms with Crippen LogP contribution in [0.3, 0.4) is 0 Å². The average Bonchev–Trinajstić information content (AvgIpc) is 2.88. The Kier molecular flexibility index (Phi) is 2.84. The van der Waals surface area contributed by atoms with Crippen LogP contribution in [0.25, 0.3) is 0 Å². The summed E-state index contributed by atoms with van der Waals surface area (Å²) >= 11 is 0. The Hall–Kier alpha value is -0.980. The Balaban J connectivity index is 1.43. The highest BCUT2D eigenvalue weighted by Gasteiger charge is 2.55. The molecular formula is C22H31N. The molecule has 1 aromatic rings. The second-order valence-electron chi connectivity index (χ2n) is 10.3. The van der Waals surface area contributed by atoms with Gasteiger partial charge in [0.1, 0.15) is 0 Å². The molecule has 4 fully saturated rings. The third-order valence-corrected chi connectivity index (χ3v) is 7.55. The zero-order valence-electron chi connectivity index (χ0n) is 15.0. The summed E-state index contributed by atoms with van der Waals surface area (Å²) in [6, 6.07) is 7.90. The molecule has 1 nitrogen and oxygen atoms in total. The van der Waals surface area contributed by atoms with Crippen LogP contribution in [0, 0.1) is 23.2 Å². The van der Waals surface area contributed by atoms with Crippen molar-refractivity contribution >= 4 is 5.69 Å². The zero-order chi connectivity index (χ0) is 15.8. The summed E-state index contributed by atoms with van der Waals surface area (Å²) in [5, 5.41) is 3.97. The van der Waals surface area contributed by atoms with E-state index in [-0.39, 0.29) is 5.41 Å². The summed E-state index contributed by atoms with van der Waals surface area (Å²) in [6.45, 7) is 6.98. The van der Waals surface area contributed by atoms with E-state index < -0.39 is 0 Å². The minimum atomic E-state index is 0.258. The van der Waals surface area contributed by atoms with Crippen molar-refractivity contribution in [2.45, 2.75) is 77.2 Å². The largest absolute Gasteiger partial charge is 0.381 e. The van der Waals surface area contributed by atoms with Crippen LogP contribution in [0.15, 0.2) is 18.2 Å². The van der Waals surface area contributed by atoms with Gasteiger partial charge in [0.05, 0.1) is 0 Å². The molecule has 0 saturated heterocycles. The van der Waals surface area contributed by atoms with Gasteiger partial charge in [-0.2, -0.15) is 0 Å². The number of benzene rings is 1. The topological polar surface area (TPSA) is 12.0 Å². The molecule has 4 aliphatic carbocycles. The Labute approximate surface area is 141 Å². The van der Waals surface area contributed by atoms with E-state index in [0.717, 1.165) is 17.8 Å². The maximum Gasteiger partial charge on any atom is 0.0376 e. The first-order valence-corrected chi connectivity index (χ1v) is 9.81. The lowest BCUT2D eigenvalue weighted by Gasteiger charge is -2.59. The van der Waals surface area contributed by atoms with Gasteiger partial charge in [-0.1, -0.05) is 32.9 Å². The molecule has 0 aromatic heterocycles. The predicted molar refractivity (Wildman–Crippen MR) is 96.9 cm³/mol. The summed E-state index contributed by atoms with van der Waals surface area (Å²) in [5.74, 6) is 3.16. The van der Waals surface area contributed by atoms with E-state index in [9.17, 15) is 0 Å². The van der Waals surface area contributed by atoms with Gasteiger partial charge in [-0.05, 0) is 90.7 Å². The maximum atomic E-state index is 3.97. The molecular weight excluding hydrogens is 278 g/mol. The number of hydrogen-bond donors (Lipinski definition) is 1. The molecule has 1 N–H and O–H groups in total. The highest BCUT2D eigenvalue weighted by molar-refractivity contribution is 5.59. The second-order valence-corrected chi connectivity index (χ2v) is 10.3. The summed E-state index contributed by atoms with van der Waals surface area (Å²) < 4.78 is 0. The fraction of sp³-hybridized carbons (Fsp3) is 0.727. The quantitative estimate of drug-likeness (QED) is 0.718. The Morgan fingerprint density at radius 1 is 0.957 bits per heavy atom. The van der Waals surface area contributed by atoms with Crippen molar-refractivity contribution in [2.24, 2.45) is 23.2 Å². The lowest BCUT2D eigenvalue weighted by molar-refractivity contribution is -0.0619. The van der Waals surface area contributed by atoms with Gasteiger partial charge < -0.3 is 5.32 Å². The van der Waals surface area contributed by atoms with Gasteiger partial charge in [0, 0.05) is 11.7 Å². The van der Waals surface area contributed by atoms with E-state index in [4.69, 9.17) is 0 Å². The molecule has 1 unspecified atom stereocenters. The fourth-order valence-electron chi connectivity index (χ4n) is 6.80. The van der Waals surface area contributed by atoms with Gasteiger partial charge in [0.25, 0.3) is 0 Å².